The zero-order chi connectivity index (χ0) is 30.2. The molecule has 0 aromatic heterocycles. The Hall–Kier alpha value is 1.31. The van der Waals surface area contributed by atoms with E-state index in [-0.39, 0.29) is 31.9 Å². The fourth-order valence-corrected chi connectivity index (χ4v) is 8.04. The van der Waals surface area contributed by atoms with E-state index in [0.717, 1.165) is 12.3 Å². The Morgan fingerprint density at radius 2 is 0.707 bits per heavy atom. The predicted octanol–water partition coefficient (Wildman–Crippen LogP) is 13.9. The lowest BCUT2D eigenvalue weighted by Gasteiger charge is -2.25. The van der Waals surface area contributed by atoms with E-state index < -0.39 is 7.60 Å². The highest BCUT2D eigenvalue weighted by atomic mass is 127. The van der Waals surface area contributed by atoms with E-state index in [1.807, 2.05) is 0 Å². The highest BCUT2D eigenvalue weighted by Crippen LogP contribution is 2.43. The Morgan fingerprint density at radius 3 is 0.951 bits per heavy atom. The van der Waals surface area contributed by atoms with Gasteiger partial charge in [0.15, 0.2) is 0 Å². The summed E-state index contributed by atoms with van der Waals surface area (Å²) in [5.74, 6) is 0. The third-order valence-corrected chi connectivity index (χ3v) is 11.1. The first-order valence-electron chi connectivity index (χ1n) is 18.0. The molecule has 252 valence electrons. The highest BCUT2D eigenvalue weighted by Gasteiger charge is 2.15. The summed E-state index contributed by atoms with van der Waals surface area (Å²) in [7, 11) is -3.37. The number of unbranched alkanes of at least 4 members (excludes halogenated alkanes) is 23. The molecular formula is C35H77IO3P2. The van der Waals surface area contributed by atoms with Crippen molar-refractivity contribution in [1.29, 1.82) is 0 Å². The Bertz CT molecular complexity index is 479. The van der Waals surface area contributed by atoms with Crippen LogP contribution in [0.3, 0.4) is 0 Å². The quantitative estimate of drug-likeness (QED) is 0.0439. The molecule has 6 heteroatoms. The largest absolute Gasteiger partial charge is 0.325 e. The molecule has 0 bridgehead atoms. The SMILES string of the molecule is CCCCCCCCCCCCCCC(CCCCCCCCCCCCCC)P(C)CCCC.CP(=O)(O)O.I. The maximum Gasteiger partial charge on any atom is 0.322 e. The molecule has 0 heterocycles. The van der Waals surface area contributed by atoms with Crippen LogP contribution in [-0.4, -0.2) is 34.9 Å². The van der Waals surface area contributed by atoms with Gasteiger partial charge in [-0.3, -0.25) is 4.57 Å². The van der Waals surface area contributed by atoms with Crippen molar-refractivity contribution in [1.82, 2.24) is 0 Å². The summed E-state index contributed by atoms with van der Waals surface area (Å²) in [6, 6.07) is 0. The second-order valence-corrected chi connectivity index (χ2v) is 17.0. The molecular weight excluding hydrogens is 657 g/mol. The van der Waals surface area contributed by atoms with Gasteiger partial charge in [-0.1, -0.05) is 181 Å². The zero-order valence-electron chi connectivity index (χ0n) is 28.7. The minimum Gasteiger partial charge on any atom is -0.325 e. The van der Waals surface area contributed by atoms with E-state index in [2.05, 4.69) is 27.4 Å². The van der Waals surface area contributed by atoms with Crippen molar-refractivity contribution in [2.75, 3.05) is 19.5 Å². The number of rotatable bonds is 30. The molecule has 0 radical (unpaired) electrons. The van der Waals surface area contributed by atoms with Crippen LogP contribution in [-0.2, 0) is 4.57 Å². The van der Waals surface area contributed by atoms with Gasteiger partial charge < -0.3 is 9.79 Å². The van der Waals surface area contributed by atoms with Crippen LogP contribution >= 0.6 is 39.5 Å². The van der Waals surface area contributed by atoms with Crippen LogP contribution in [0.4, 0.5) is 0 Å². The van der Waals surface area contributed by atoms with Gasteiger partial charge in [0.05, 0.1) is 0 Å². The standard InChI is InChI=1S/C34H71P.CH5O3P.HI/c1-5-8-11-13-15-17-19-21-23-25-27-29-31-34(35(4)33-10-7-3)32-30-28-26-24-22-20-18-16-14-12-9-6-2;1-5(2,3)4;/h34H,5-33H2,1-4H3;1H3,(H2,2,3,4);1H. The first-order valence-corrected chi connectivity index (χ1v) is 22.1. The summed E-state index contributed by atoms with van der Waals surface area (Å²) >= 11 is 0. The van der Waals surface area contributed by atoms with Gasteiger partial charge in [0.2, 0.25) is 0 Å². The molecule has 41 heavy (non-hydrogen) atoms. The Kier molecular flexibility index (Phi) is 42.7. The van der Waals surface area contributed by atoms with Gasteiger partial charge >= 0.3 is 7.60 Å². The van der Waals surface area contributed by atoms with Crippen molar-refractivity contribution in [3.05, 3.63) is 0 Å². The average Bonchev–Trinajstić information content (AvgIpc) is 2.90. The molecule has 0 aromatic carbocycles. The molecule has 0 aliphatic heterocycles. The summed E-state index contributed by atoms with van der Waals surface area (Å²) in [5.41, 5.74) is 1.07. The van der Waals surface area contributed by atoms with Gasteiger partial charge in [0.25, 0.3) is 0 Å². The molecule has 2 N–H and O–H groups in total. The van der Waals surface area contributed by atoms with Crippen molar-refractivity contribution >= 4 is 39.5 Å². The van der Waals surface area contributed by atoms with Crippen molar-refractivity contribution in [2.24, 2.45) is 0 Å². The summed E-state index contributed by atoms with van der Waals surface area (Å²) in [4.78, 5) is 15.3. The van der Waals surface area contributed by atoms with E-state index in [9.17, 15) is 4.57 Å². The van der Waals surface area contributed by atoms with Crippen LogP contribution in [0.2, 0.25) is 0 Å². The van der Waals surface area contributed by atoms with Crippen molar-refractivity contribution in [3.8, 4) is 0 Å². The molecule has 0 spiro atoms. The minimum absolute atomic E-state index is 0. The zero-order valence-corrected chi connectivity index (χ0v) is 32.8. The second-order valence-electron chi connectivity index (χ2n) is 12.7. The predicted molar refractivity (Wildman–Crippen MR) is 201 cm³/mol. The highest BCUT2D eigenvalue weighted by molar-refractivity contribution is 14.0. The minimum atomic E-state index is -3.64. The molecule has 1 atom stereocenters. The summed E-state index contributed by atoms with van der Waals surface area (Å²) < 4.78 is 9.33. The smallest absolute Gasteiger partial charge is 0.322 e. The van der Waals surface area contributed by atoms with Crippen LogP contribution in [0.15, 0.2) is 0 Å². The third kappa shape index (κ3) is 45.9. The maximum absolute atomic E-state index is 9.33. The number of hydrogen-bond donors (Lipinski definition) is 2. The fraction of sp³-hybridized carbons (Fsp3) is 1.00. The summed E-state index contributed by atoms with van der Waals surface area (Å²) in [6.07, 6.45) is 42.9. The summed E-state index contributed by atoms with van der Waals surface area (Å²) in [6.45, 7) is 10.5. The first kappa shape index (κ1) is 46.7. The van der Waals surface area contributed by atoms with Crippen LogP contribution in [0.5, 0.6) is 0 Å². The van der Waals surface area contributed by atoms with Gasteiger partial charge in [0.1, 0.15) is 0 Å². The molecule has 0 aromatic rings. The average molecular weight is 735 g/mol. The van der Waals surface area contributed by atoms with E-state index in [1.54, 1.807) is 12.8 Å². The van der Waals surface area contributed by atoms with Crippen molar-refractivity contribution in [2.45, 2.75) is 206 Å². The number of halogens is 1. The van der Waals surface area contributed by atoms with E-state index in [0.29, 0.717) is 0 Å². The van der Waals surface area contributed by atoms with Crippen LogP contribution in [0.25, 0.3) is 0 Å². The van der Waals surface area contributed by atoms with E-state index >= 15 is 0 Å². The van der Waals surface area contributed by atoms with Gasteiger partial charge in [-0.25, -0.2) is 0 Å². The second kappa shape index (κ2) is 37.5. The van der Waals surface area contributed by atoms with Crippen molar-refractivity contribution < 1.29 is 14.4 Å². The lowest BCUT2D eigenvalue weighted by atomic mass is 10.0. The number of hydrogen-bond acceptors (Lipinski definition) is 1. The fourth-order valence-electron chi connectivity index (χ4n) is 5.62. The topological polar surface area (TPSA) is 57.5 Å². The summed E-state index contributed by atoms with van der Waals surface area (Å²) in [5, 5.41) is 0. The first-order chi connectivity index (χ1) is 19.3. The molecule has 0 saturated carbocycles. The Labute approximate surface area is 278 Å². The maximum atomic E-state index is 9.33. The monoisotopic (exact) mass is 734 g/mol. The molecule has 0 saturated heterocycles. The lowest BCUT2D eigenvalue weighted by molar-refractivity contribution is 0.381. The van der Waals surface area contributed by atoms with Gasteiger partial charge in [-0.05, 0) is 37.7 Å². The Morgan fingerprint density at radius 1 is 0.488 bits per heavy atom. The van der Waals surface area contributed by atoms with Crippen molar-refractivity contribution in [3.63, 3.8) is 0 Å². The van der Waals surface area contributed by atoms with Crippen LogP contribution in [0.1, 0.15) is 201 Å². The molecule has 1 unspecified atom stereocenters. The molecule has 0 aliphatic rings. The van der Waals surface area contributed by atoms with Crippen LogP contribution < -0.4 is 0 Å². The van der Waals surface area contributed by atoms with E-state index in [1.165, 1.54) is 173 Å². The van der Waals surface area contributed by atoms with Gasteiger partial charge in [-0.2, -0.15) is 0 Å². The third-order valence-electron chi connectivity index (χ3n) is 8.27. The molecule has 0 aliphatic carbocycles. The lowest BCUT2D eigenvalue weighted by Crippen LogP contribution is -2.08. The molecule has 3 nitrogen and oxygen atoms in total. The normalized spacial score (nSPS) is 12.2. The Balaban J connectivity index is -0.00000220. The van der Waals surface area contributed by atoms with E-state index in [4.69, 9.17) is 9.79 Å². The van der Waals surface area contributed by atoms with Crippen LogP contribution in [0, 0.1) is 0 Å². The van der Waals surface area contributed by atoms with Gasteiger partial charge in [-0.15, -0.1) is 31.9 Å². The molecule has 0 rings (SSSR count). The molecule has 0 amide bonds. The molecule has 0 fully saturated rings. The van der Waals surface area contributed by atoms with Gasteiger partial charge in [0, 0.05) is 6.66 Å².